The van der Waals surface area contributed by atoms with Gasteiger partial charge in [0.15, 0.2) is 0 Å². The lowest BCUT2D eigenvalue weighted by Crippen LogP contribution is -2.28. The zero-order chi connectivity index (χ0) is 28.9. The summed E-state index contributed by atoms with van der Waals surface area (Å²) in [4.78, 5) is 32.5. The second-order valence-electron chi connectivity index (χ2n) is 8.46. The predicted octanol–water partition coefficient (Wildman–Crippen LogP) is -0.486. The molecule has 1 rings (SSSR count). The summed E-state index contributed by atoms with van der Waals surface area (Å²) in [6, 6.07) is 0. The lowest BCUT2D eigenvalue weighted by molar-refractivity contribution is 0.0140. The first-order valence-corrected chi connectivity index (χ1v) is 13.9. The molecular weight excluding hydrogens is 524 g/mol. The summed E-state index contributed by atoms with van der Waals surface area (Å²) in [5.74, 6) is -0.727. The van der Waals surface area contributed by atoms with Crippen LogP contribution in [0.1, 0.15) is 46.7 Å². The van der Waals surface area contributed by atoms with Crippen molar-refractivity contribution in [3.8, 4) is 0 Å². The highest BCUT2D eigenvalue weighted by Crippen LogP contribution is 1.97. The Hall–Kier alpha value is -2.30. The highest BCUT2D eigenvalue weighted by atomic mass is 16.5. The number of carbonyl (C=O) groups excluding carboxylic acids is 2. The molecule has 0 aliphatic carbocycles. The number of nitrogens with zero attached hydrogens (tertiary/aromatic N) is 2. The van der Waals surface area contributed by atoms with Crippen molar-refractivity contribution in [2.75, 3.05) is 105 Å². The number of carbonyl (C=O) groups is 2. The normalized spacial score (nSPS) is 11.1. The molecule has 14 heteroatoms. The molecule has 0 radical (unpaired) electrons. The van der Waals surface area contributed by atoms with Crippen molar-refractivity contribution < 1.29 is 38.0 Å². The van der Waals surface area contributed by atoms with Crippen LogP contribution in [-0.2, 0) is 28.4 Å². The lowest BCUT2D eigenvalue weighted by Gasteiger charge is -2.08. The Kier molecular flexibility index (Phi) is 24.0. The average Bonchev–Trinajstić information content (AvgIpc) is 2.97. The fourth-order valence-electron chi connectivity index (χ4n) is 2.95. The van der Waals surface area contributed by atoms with Crippen molar-refractivity contribution in [1.29, 1.82) is 0 Å². The molecular formula is C26H48N6O8. The van der Waals surface area contributed by atoms with Gasteiger partial charge in [0.2, 0.25) is 0 Å². The maximum Gasteiger partial charge on any atom is 0.271 e. The molecule has 0 aliphatic rings. The monoisotopic (exact) mass is 572 g/mol. The van der Waals surface area contributed by atoms with Crippen LogP contribution < -0.4 is 22.1 Å². The van der Waals surface area contributed by atoms with E-state index in [4.69, 9.17) is 39.9 Å². The summed E-state index contributed by atoms with van der Waals surface area (Å²) < 4.78 is 32.4. The molecule has 230 valence electrons. The smallest absolute Gasteiger partial charge is 0.271 e. The van der Waals surface area contributed by atoms with Gasteiger partial charge in [-0.15, -0.1) is 0 Å². The van der Waals surface area contributed by atoms with Gasteiger partial charge in [-0.3, -0.25) is 9.59 Å². The number of ether oxygens (including phenoxy) is 6. The first-order valence-electron chi connectivity index (χ1n) is 13.9. The molecule has 0 saturated carbocycles. The molecule has 2 amide bonds. The number of rotatable bonds is 28. The Morgan fingerprint density at radius 3 is 1.12 bits per heavy atom. The predicted molar refractivity (Wildman–Crippen MR) is 148 cm³/mol. The van der Waals surface area contributed by atoms with Crippen LogP contribution in [0.25, 0.3) is 0 Å². The first-order chi connectivity index (χ1) is 19.7. The molecule has 1 heterocycles. The molecule has 6 N–H and O–H groups in total. The van der Waals surface area contributed by atoms with Gasteiger partial charge in [-0.1, -0.05) is 0 Å². The van der Waals surface area contributed by atoms with Crippen LogP contribution in [0, 0.1) is 0 Å². The third-order valence-corrected chi connectivity index (χ3v) is 5.09. The second kappa shape index (κ2) is 26.9. The third kappa shape index (κ3) is 20.6. The number of amides is 2. The molecule has 0 unspecified atom stereocenters. The Balaban J connectivity index is 1.99. The van der Waals surface area contributed by atoms with E-state index >= 15 is 0 Å². The summed E-state index contributed by atoms with van der Waals surface area (Å²) >= 11 is 0. The molecule has 1 aromatic heterocycles. The zero-order valence-electron chi connectivity index (χ0n) is 23.6. The Bertz CT molecular complexity index is 683. The molecule has 14 nitrogen and oxygen atoms in total. The maximum absolute atomic E-state index is 12.2. The first kappa shape index (κ1) is 35.7. The molecule has 0 atom stereocenters. The van der Waals surface area contributed by atoms with Crippen LogP contribution in [0.5, 0.6) is 0 Å². The maximum atomic E-state index is 12.2. The van der Waals surface area contributed by atoms with Gasteiger partial charge in [0.1, 0.15) is 11.4 Å². The SMILES string of the molecule is NCCCOCCOCCOCCCNC(=O)c1cnc(C(=O)NCCCOCCOCCOCCCN)cn1. The molecule has 0 aliphatic heterocycles. The molecule has 0 fully saturated rings. The molecule has 1 aromatic rings. The quantitative estimate of drug-likeness (QED) is 0.0944. The molecule has 0 spiro atoms. The van der Waals surface area contributed by atoms with Gasteiger partial charge in [-0.05, 0) is 38.8 Å². The van der Waals surface area contributed by atoms with Gasteiger partial charge in [0, 0.05) is 39.5 Å². The summed E-state index contributed by atoms with van der Waals surface area (Å²) in [6.07, 6.45) is 5.54. The van der Waals surface area contributed by atoms with Gasteiger partial charge in [-0.25, -0.2) is 9.97 Å². The minimum Gasteiger partial charge on any atom is -0.379 e. The third-order valence-electron chi connectivity index (χ3n) is 5.09. The van der Waals surface area contributed by atoms with Crippen molar-refractivity contribution in [2.24, 2.45) is 11.5 Å². The van der Waals surface area contributed by atoms with E-state index in [1.54, 1.807) is 0 Å². The Labute approximate surface area is 237 Å². The van der Waals surface area contributed by atoms with E-state index in [2.05, 4.69) is 20.6 Å². The van der Waals surface area contributed by atoms with Crippen molar-refractivity contribution >= 4 is 11.8 Å². The largest absolute Gasteiger partial charge is 0.379 e. The van der Waals surface area contributed by atoms with E-state index in [9.17, 15) is 9.59 Å². The van der Waals surface area contributed by atoms with E-state index in [-0.39, 0.29) is 23.2 Å². The van der Waals surface area contributed by atoms with Gasteiger partial charge in [-0.2, -0.15) is 0 Å². The van der Waals surface area contributed by atoms with Crippen molar-refractivity contribution in [1.82, 2.24) is 20.6 Å². The molecule has 0 aromatic carbocycles. The summed E-state index contributed by atoms with van der Waals surface area (Å²) in [5.41, 5.74) is 11.0. The summed E-state index contributed by atoms with van der Waals surface area (Å²) in [5, 5.41) is 5.50. The van der Waals surface area contributed by atoms with Gasteiger partial charge < -0.3 is 50.5 Å². The number of aromatic nitrogens is 2. The van der Waals surface area contributed by atoms with Crippen molar-refractivity contribution in [3.05, 3.63) is 23.8 Å². The van der Waals surface area contributed by atoms with Crippen LogP contribution >= 0.6 is 0 Å². The van der Waals surface area contributed by atoms with Crippen LogP contribution in [0.4, 0.5) is 0 Å². The highest BCUT2D eigenvalue weighted by molar-refractivity contribution is 5.94. The number of hydrogen-bond acceptors (Lipinski definition) is 12. The van der Waals surface area contributed by atoms with Crippen LogP contribution in [0.3, 0.4) is 0 Å². The van der Waals surface area contributed by atoms with E-state index in [0.717, 1.165) is 12.8 Å². The Morgan fingerprint density at radius 1 is 0.525 bits per heavy atom. The van der Waals surface area contributed by atoms with E-state index in [0.29, 0.717) is 118 Å². The second-order valence-corrected chi connectivity index (χ2v) is 8.46. The molecule has 0 bridgehead atoms. The lowest BCUT2D eigenvalue weighted by atomic mass is 10.3. The Morgan fingerprint density at radius 2 is 0.825 bits per heavy atom. The summed E-state index contributed by atoms with van der Waals surface area (Å²) in [7, 11) is 0. The number of nitrogens with one attached hydrogen (secondary N) is 2. The minimum atomic E-state index is -0.363. The standard InChI is InChI=1S/C26H48N6O8/c27-5-1-9-35-13-17-39-19-15-37-11-3-7-29-25(33)23-21-32-24(22-31-23)26(34)30-8-4-12-38-16-20-40-18-14-36-10-2-6-28/h21-22H,1-20,27-28H2,(H,29,33)(H,30,34). The van der Waals surface area contributed by atoms with Gasteiger partial charge >= 0.3 is 0 Å². The zero-order valence-corrected chi connectivity index (χ0v) is 23.6. The van der Waals surface area contributed by atoms with Crippen molar-refractivity contribution in [3.63, 3.8) is 0 Å². The highest BCUT2D eigenvalue weighted by Gasteiger charge is 2.11. The fourth-order valence-corrected chi connectivity index (χ4v) is 2.95. The van der Waals surface area contributed by atoms with E-state index < -0.39 is 0 Å². The molecule has 40 heavy (non-hydrogen) atoms. The van der Waals surface area contributed by atoms with Crippen molar-refractivity contribution in [2.45, 2.75) is 25.7 Å². The van der Waals surface area contributed by atoms with Crippen LogP contribution in [0.2, 0.25) is 0 Å². The van der Waals surface area contributed by atoms with Gasteiger partial charge in [0.25, 0.3) is 11.8 Å². The topological polar surface area (TPSA) is 191 Å². The molecule has 0 saturated heterocycles. The average molecular weight is 573 g/mol. The van der Waals surface area contributed by atoms with Gasteiger partial charge in [0.05, 0.1) is 65.2 Å². The summed E-state index contributed by atoms with van der Waals surface area (Å²) in [6.45, 7) is 8.42. The fraction of sp³-hybridized carbons (Fsp3) is 0.769. The number of nitrogens with two attached hydrogens (primary N) is 2. The minimum absolute atomic E-state index is 0.136. The number of hydrogen-bond donors (Lipinski definition) is 4. The van der Waals surface area contributed by atoms with E-state index in [1.807, 2.05) is 0 Å². The van der Waals surface area contributed by atoms with Crippen LogP contribution in [-0.4, -0.2) is 127 Å². The van der Waals surface area contributed by atoms with Crippen LogP contribution in [0.15, 0.2) is 12.4 Å². The van der Waals surface area contributed by atoms with E-state index in [1.165, 1.54) is 12.4 Å².